The Balaban J connectivity index is 1.81. The van der Waals surface area contributed by atoms with Crippen molar-refractivity contribution in [1.82, 2.24) is 4.98 Å². The molecule has 0 aliphatic heterocycles. The van der Waals surface area contributed by atoms with Gasteiger partial charge in [0, 0.05) is 6.42 Å². The number of benzene rings is 1. The number of nitrogens with zero attached hydrogens (tertiary/aromatic N) is 1. The fraction of sp³-hybridized carbons (Fsp3) is 0.450. The van der Waals surface area contributed by atoms with Crippen molar-refractivity contribution in [3.63, 3.8) is 0 Å². The topological polar surface area (TPSA) is 44.5 Å². The van der Waals surface area contributed by atoms with E-state index >= 15 is 0 Å². The second-order valence-corrected chi connectivity index (χ2v) is 6.24. The first-order valence-corrected chi connectivity index (χ1v) is 8.41. The minimum atomic E-state index is -0.111. The molecule has 1 aliphatic rings. The van der Waals surface area contributed by atoms with Gasteiger partial charge in [-0.2, -0.15) is 0 Å². The first-order valence-electron chi connectivity index (χ1n) is 8.41. The molecule has 0 saturated heterocycles. The molecule has 1 saturated carbocycles. The Morgan fingerprint density at radius 1 is 1.33 bits per heavy atom. The molecule has 1 heterocycles. The van der Waals surface area contributed by atoms with Crippen LogP contribution >= 0.6 is 0 Å². The molecule has 1 aromatic heterocycles. The third kappa shape index (κ3) is 3.73. The van der Waals surface area contributed by atoms with E-state index in [2.05, 4.69) is 10.9 Å². The van der Waals surface area contributed by atoms with Gasteiger partial charge in [0.2, 0.25) is 0 Å². The van der Waals surface area contributed by atoms with Crippen molar-refractivity contribution >= 4 is 0 Å². The molecule has 0 amide bonds. The normalized spacial score (nSPS) is 15.9. The lowest BCUT2D eigenvalue weighted by Gasteiger charge is -2.18. The molecule has 24 heavy (non-hydrogen) atoms. The minimum Gasteiger partial charge on any atom is -0.493 e. The van der Waals surface area contributed by atoms with E-state index in [0.717, 1.165) is 35.6 Å². The zero-order valence-electron chi connectivity index (χ0n) is 14.2. The van der Waals surface area contributed by atoms with Crippen molar-refractivity contribution < 1.29 is 13.9 Å². The first-order chi connectivity index (χ1) is 11.7. The number of oxazole rings is 1. The van der Waals surface area contributed by atoms with Crippen LogP contribution < -0.4 is 9.47 Å². The molecule has 4 nitrogen and oxygen atoms in total. The van der Waals surface area contributed by atoms with Crippen molar-refractivity contribution in [3.8, 4) is 23.8 Å². The van der Waals surface area contributed by atoms with Crippen molar-refractivity contribution in [2.45, 2.75) is 51.0 Å². The SMILES string of the molecule is C#CC(Cc1nc(C)co1)c1ccc(OC)c(OC2CCCC2)c1. The zero-order chi connectivity index (χ0) is 16.9. The second-order valence-electron chi connectivity index (χ2n) is 6.24. The third-order valence-corrected chi connectivity index (χ3v) is 4.43. The van der Waals surface area contributed by atoms with Gasteiger partial charge in [-0.25, -0.2) is 4.98 Å². The van der Waals surface area contributed by atoms with Crippen LogP contribution in [0.4, 0.5) is 0 Å². The fourth-order valence-corrected chi connectivity index (χ4v) is 3.13. The molecule has 1 aromatic carbocycles. The summed E-state index contributed by atoms with van der Waals surface area (Å²) in [5.74, 6) is 4.90. The molecule has 1 unspecified atom stereocenters. The van der Waals surface area contributed by atoms with Gasteiger partial charge in [-0.05, 0) is 50.3 Å². The number of hydrogen-bond acceptors (Lipinski definition) is 4. The van der Waals surface area contributed by atoms with Crippen molar-refractivity contribution in [3.05, 3.63) is 41.6 Å². The highest BCUT2D eigenvalue weighted by Crippen LogP contribution is 2.34. The lowest BCUT2D eigenvalue weighted by atomic mass is 9.96. The summed E-state index contributed by atoms with van der Waals surface area (Å²) in [7, 11) is 1.66. The summed E-state index contributed by atoms with van der Waals surface area (Å²) >= 11 is 0. The van der Waals surface area contributed by atoms with Gasteiger partial charge in [-0.3, -0.25) is 0 Å². The quantitative estimate of drug-likeness (QED) is 0.744. The fourth-order valence-electron chi connectivity index (χ4n) is 3.13. The highest BCUT2D eigenvalue weighted by Gasteiger charge is 2.20. The van der Waals surface area contributed by atoms with E-state index in [1.165, 1.54) is 12.8 Å². The van der Waals surface area contributed by atoms with E-state index in [9.17, 15) is 0 Å². The molecule has 0 bridgehead atoms. The van der Waals surface area contributed by atoms with Crippen LogP contribution in [0.15, 0.2) is 28.9 Å². The Bertz CT molecular complexity index is 723. The first kappa shape index (κ1) is 16.4. The van der Waals surface area contributed by atoms with Crippen molar-refractivity contribution in [1.29, 1.82) is 0 Å². The summed E-state index contributed by atoms with van der Waals surface area (Å²) < 4.78 is 17.0. The van der Waals surface area contributed by atoms with Gasteiger partial charge >= 0.3 is 0 Å². The van der Waals surface area contributed by atoms with Gasteiger partial charge in [0.05, 0.1) is 24.8 Å². The smallest absolute Gasteiger partial charge is 0.195 e. The van der Waals surface area contributed by atoms with E-state index in [0.29, 0.717) is 12.3 Å². The summed E-state index contributed by atoms with van der Waals surface area (Å²) in [4.78, 5) is 4.35. The third-order valence-electron chi connectivity index (χ3n) is 4.43. The van der Waals surface area contributed by atoms with Crippen LogP contribution in [0.2, 0.25) is 0 Å². The Labute approximate surface area is 143 Å². The molecule has 2 aromatic rings. The van der Waals surface area contributed by atoms with Crippen LogP contribution in [0.1, 0.15) is 48.7 Å². The second kappa shape index (κ2) is 7.44. The Morgan fingerprint density at radius 2 is 2.12 bits per heavy atom. The summed E-state index contributed by atoms with van der Waals surface area (Å²) in [5.41, 5.74) is 1.88. The van der Waals surface area contributed by atoms with Crippen LogP contribution in [0.3, 0.4) is 0 Å². The zero-order valence-corrected chi connectivity index (χ0v) is 14.2. The minimum absolute atomic E-state index is 0.111. The Hall–Kier alpha value is -2.41. The van der Waals surface area contributed by atoms with Crippen molar-refractivity contribution in [2.75, 3.05) is 7.11 Å². The summed E-state index contributed by atoms with van der Waals surface area (Å²) in [6.07, 6.45) is 12.9. The van der Waals surface area contributed by atoms with Gasteiger partial charge in [-0.15, -0.1) is 6.42 Å². The number of aryl methyl sites for hydroxylation is 1. The van der Waals surface area contributed by atoms with E-state index in [1.54, 1.807) is 13.4 Å². The number of aromatic nitrogens is 1. The molecular weight excluding hydrogens is 302 g/mol. The maximum atomic E-state index is 6.15. The molecule has 0 spiro atoms. The molecule has 0 N–H and O–H groups in total. The summed E-state index contributed by atoms with van der Waals surface area (Å²) in [6.45, 7) is 1.90. The molecule has 1 fully saturated rings. The highest BCUT2D eigenvalue weighted by atomic mass is 16.5. The van der Waals surface area contributed by atoms with Gasteiger partial charge in [0.25, 0.3) is 0 Å². The van der Waals surface area contributed by atoms with E-state index < -0.39 is 0 Å². The predicted octanol–water partition coefficient (Wildman–Crippen LogP) is 4.27. The van der Waals surface area contributed by atoms with Gasteiger partial charge in [-0.1, -0.05) is 12.0 Å². The molecule has 126 valence electrons. The predicted molar refractivity (Wildman–Crippen MR) is 92.4 cm³/mol. The number of hydrogen-bond donors (Lipinski definition) is 0. The number of methoxy groups -OCH3 is 1. The number of ether oxygens (including phenoxy) is 2. The molecule has 1 atom stereocenters. The number of rotatable bonds is 6. The van der Waals surface area contributed by atoms with Crippen molar-refractivity contribution in [2.24, 2.45) is 0 Å². The standard InChI is InChI=1S/C20H23NO3/c1-4-15(12-20-21-14(2)13-23-20)16-9-10-18(22-3)19(11-16)24-17-7-5-6-8-17/h1,9-11,13,15,17H,5-8,12H2,2-3H3. The van der Waals surface area contributed by atoms with E-state index in [1.807, 2.05) is 25.1 Å². The van der Waals surface area contributed by atoms with Crippen LogP contribution in [0.25, 0.3) is 0 Å². The Kier molecular flexibility index (Phi) is 5.10. The Morgan fingerprint density at radius 3 is 2.75 bits per heavy atom. The van der Waals surface area contributed by atoms with Crippen LogP contribution in [0.5, 0.6) is 11.5 Å². The van der Waals surface area contributed by atoms with E-state index in [-0.39, 0.29) is 12.0 Å². The lowest BCUT2D eigenvalue weighted by molar-refractivity contribution is 0.200. The summed E-state index contributed by atoms with van der Waals surface area (Å²) in [5, 5.41) is 0. The van der Waals surface area contributed by atoms with Crippen LogP contribution in [-0.4, -0.2) is 18.2 Å². The largest absolute Gasteiger partial charge is 0.493 e. The molecule has 4 heteroatoms. The molecular formula is C20H23NO3. The highest BCUT2D eigenvalue weighted by molar-refractivity contribution is 5.45. The maximum absolute atomic E-state index is 6.15. The van der Waals surface area contributed by atoms with E-state index in [4.69, 9.17) is 20.3 Å². The molecule has 3 rings (SSSR count). The monoisotopic (exact) mass is 325 g/mol. The molecule has 0 radical (unpaired) electrons. The van der Waals surface area contributed by atoms with Crippen LogP contribution in [0, 0.1) is 19.3 Å². The number of terminal acetylenes is 1. The van der Waals surface area contributed by atoms with Gasteiger partial charge in [0.1, 0.15) is 6.26 Å². The summed E-state index contributed by atoms with van der Waals surface area (Å²) in [6, 6.07) is 5.91. The van der Waals surface area contributed by atoms with Gasteiger partial charge < -0.3 is 13.9 Å². The van der Waals surface area contributed by atoms with Crippen LogP contribution in [-0.2, 0) is 6.42 Å². The molecule has 1 aliphatic carbocycles. The maximum Gasteiger partial charge on any atom is 0.195 e. The van der Waals surface area contributed by atoms with Gasteiger partial charge in [0.15, 0.2) is 17.4 Å². The average Bonchev–Trinajstić information content (AvgIpc) is 3.24. The lowest BCUT2D eigenvalue weighted by Crippen LogP contribution is -2.12. The average molecular weight is 325 g/mol.